The molecule has 4 aromatic heterocycles. The predicted molar refractivity (Wildman–Crippen MR) is 148 cm³/mol. The second kappa shape index (κ2) is 9.23. The quantitative estimate of drug-likeness (QED) is 0.238. The van der Waals surface area contributed by atoms with Gasteiger partial charge in [-0.15, -0.1) is 0 Å². The zero-order valence-electron chi connectivity index (χ0n) is 21.1. The first kappa shape index (κ1) is 23.5. The number of aromatic nitrogens is 5. The number of rotatable bonds is 5. The molecule has 4 heterocycles. The number of nitrogens with zero attached hydrogens (tertiary/aromatic N) is 3. The van der Waals surface area contributed by atoms with E-state index in [2.05, 4.69) is 30.5 Å². The fraction of sp³-hybridized carbons (Fsp3) is 0.133. The van der Waals surface area contributed by atoms with E-state index in [1.54, 1.807) is 24.7 Å². The predicted octanol–water partition coefficient (Wildman–Crippen LogP) is 6.88. The number of anilines is 1. The summed E-state index contributed by atoms with van der Waals surface area (Å²) in [6.07, 6.45) is 5.08. The average Bonchev–Trinajstić information content (AvgIpc) is 3.51. The summed E-state index contributed by atoms with van der Waals surface area (Å²) in [4.78, 5) is 24.5. The molecule has 0 atom stereocenters. The number of halogens is 1. The highest BCUT2D eigenvalue weighted by Crippen LogP contribution is 2.35. The Labute approximate surface area is 218 Å². The molecule has 0 aliphatic rings. The highest BCUT2D eigenvalue weighted by molar-refractivity contribution is 6.01. The van der Waals surface area contributed by atoms with Gasteiger partial charge in [0.05, 0.1) is 35.0 Å². The van der Waals surface area contributed by atoms with E-state index in [-0.39, 0.29) is 17.6 Å². The van der Waals surface area contributed by atoms with Crippen molar-refractivity contribution in [3.8, 4) is 33.8 Å². The van der Waals surface area contributed by atoms with Crippen molar-refractivity contribution in [3.05, 3.63) is 84.6 Å². The van der Waals surface area contributed by atoms with Crippen molar-refractivity contribution in [2.45, 2.75) is 20.8 Å². The zero-order chi connectivity index (χ0) is 26.4. The Morgan fingerprint density at radius 2 is 1.82 bits per heavy atom. The van der Waals surface area contributed by atoms with Crippen molar-refractivity contribution in [3.63, 3.8) is 0 Å². The van der Waals surface area contributed by atoms with Crippen LogP contribution in [-0.4, -0.2) is 31.1 Å². The molecule has 188 valence electrons. The number of amides is 1. The van der Waals surface area contributed by atoms with Crippen LogP contribution in [0.5, 0.6) is 0 Å². The number of aromatic amines is 2. The summed E-state index contributed by atoms with van der Waals surface area (Å²) in [7, 11) is 0. The fourth-order valence-corrected chi connectivity index (χ4v) is 4.64. The summed E-state index contributed by atoms with van der Waals surface area (Å²) in [5, 5.41) is 12.4. The third-order valence-electron chi connectivity index (χ3n) is 6.55. The molecule has 0 spiro atoms. The third kappa shape index (κ3) is 4.30. The van der Waals surface area contributed by atoms with E-state index in [4.69, 9.17) is 0 Å². The number of benzene rings is 2. The van der Waals surface area contributed by atoms with Crippen molar-refractivity contribution in [1.82, 2.24) is 25.1 Å². The Hall–Kier alpha value is -4.85. The molecule has 0 aliphatic carbocycles. The van der Waals surface area contributed by atoms with E-state index < -0.39 is 0 Å². The third-order valence-corrected chi connectivity index (χ3v) is 6.55. The normalized spacial score (nSPS) is 11.5. The van der Waals surface area contributed by atoms with Gasteiger partial charge in [0.1, 0.15) is 11.5 Å². The molecule has 0 aliphatic heterocycles. The maximum atomic E-state index is 14.2. The molecule has 0 fully saturated rings. The van der Waals surface area contributed by atoms with Crippen molar-refractivity contribution in [2.75, 3.05) is 5.32 Å². The van der Waals surface area contributed by atoms with Crippen molar-refractivity contribution < 1.29 is 9.18 Å². The maximum Gasteiger partial charge on any atom is 0.226 e. The van der Waals surface area contributed by atoms with Gasteiger partial charge in [-0.3, -0.25) is 19.9 Å². The molecule has 0 saturated heterocycles. The molecule has 7 nitrogen and oxygen atoms in total. The first-order valence-corrected chi connectivity index (χ1v) is 12.4. The molecule has 8 heteroatoms. The van der Waals surface area contributed by atoms with Crippen LogP contribution in [0.3, 0.4) is 0 Å². The van der Waals surface area contributed by atoms with Gasteiger partial charge in [0.25, 0.3) is 0 Å². The smallest absolute Gasteiger partial charge is 0.226 e. The number of nitrogens with one attached hydrogen (secondary N) is 3. The van der Waals surface area contributed by atoms with Crippen molar-refractivity contribution in [2.24, 2.45) is 5.92 Å². The van der Waals surface area contributed by atoms with E-state index in [0.717, 1.165) is 55.4 Å². The summed E-state index contributed by atoms with van der Waals surface area (Å²) in [6.45, 7) is 5.57. The minimum absolute atomic E-state index is 0.0731. The van der Waals surface area contributed by atoms with Crippen LogP contribution in [-0.2, 0) is 4.79 Å². The minimum Gasteiger partial charge on any atom is -0.353 e. The standard InChI is InChI=1S/C30H25FN6O/c1-16(2)30(38)34-21-10-19(13-32-14-21)26-12-24-28(15-33-26)36-37-29(24)27-11-23-22(5-4-6-25(23)35-27)18-7-17(3)8-20(31)9-18/h4-16,35H,1-3H3,(H,34,38)(H,36,37). The van der Waals surface area contributed by atoms with Crippen LogP contribution in [0, 0.1) is 18.7 Å². The molecule has 0 unspecified atom stereocenters. The Morgan fingerprint density at radius 3 is 2.63 bits per heavy atom. The van der Waals surface area contributed by atoms with Crippen LogP contribution in [0.2, 0.25) is 0 Å². The molecule has 2 aromatic carbocycles. The first-order valence-electron chi connectivity index (χ1n) is 12.4. The largest absolute Gasteiger partial charge is 0.353 e. The summed E-state index contributed by atoms with van der Waals surface area (Å²) in [6, 6.07) is 16.9. The van der Waals surface area contributed by atoms with Crippen molar-refractivity contribution in [1.29, 1.82) is 0 Å². The average molecular weight is 505 g/mol. The molecule has 0 bridgehead atoms. The maximum absolute atomic E-state index is 14.2. The van der Waals surface area contributed by atoms with Gasteiger partial charge in [0.2, 0.25) is 5.91 Å². The van der Waals surface area contributed by atoms with Gasteiger partial charge in [-0.25, -0.2) is 4.39 Å². The van der Waals surface area contributed by atoms with Crippen LogP contribution in [0.1, 0.15) is 19.4 Å². The monoisotopic (exact) mass is 504 g/mol. The highest BCUT2D eigenvalue weighted by Gasteiger charge is 2.16. The second-order valence-electron chi connectivity index (χ2n) is 9.76. The number of carbonyl (C=O) groups is 1. The number of carbonyl (C=O) groups excluding carboxylic acids is 1. The number of H-pyrrole nitrogens is 2. The SMILES string of the molecule is Cc1cc(F)cc(-c2cccc3[nH]c(-c4n[nH]c5cnc(-c6cncc(NC(=O)C(C)C)c6)cc45)cc23)c1. The Morgan fingerprint density at radius 1 is 0.947 bits per heavy atom. The lowest BCUT2D eigenvalue weighted by molar-refractivity contribution is -0.118. The lowest BCUT2D eigenvalue weighted by Gasteiger charge is -2.08. The molecule has 38 heavy (non-hydrogen) atoms. The van der Waals surface area contributed by atoms with E-state index >= 15 is 0 Å². The molecular weight excluding hydrogens is 479 g/mol. The Kier molecular flexibility index (Phi) is 5.72. The lowest BCUT2D eigenvalue weighted by Crippen LogP contribution is -2.17. The highest BCUT2D eigenvalue weighted by atomic mass is 19.1. The zero-order valence-corrected chi connectivity index (χ0v) is 21.1. The number of hydrogen-bond acceptors (Lipinski definition) is 4. The molecule has 1 amide bonds. The first-order chi connectivity index (χ1) is 18.4. The van der Waals surface area contributed by atoms with E-state index in [9.17, 15) is 9.18 Å². The van der Waals surface area contributed by atoms with Crippen LogP contribution in [0.25, 0.3) is 55.6 Å². The molecule has 3 N–H and O–H groups in total. The summed E-state index contributed by atoms with van der Waals surface area (Å²) < 4.78 is 14.2. The van der Waals surface area contributed by atoms with Crippen LogP contribution in [0.15, 0.2) is 73.2 Å². The number of hydrogen-bond donors (Lipinski definition) is 3. The number of fused-ring (bicyclic) bond motifs is 2. The van der Waals surface area contributed by atoms with Gasteiger partial charge in [-0.2, -0.15) is 5.10 Å². The van der Waals surface area contributed by atoms with Gasteiger partial charge in [0, 0.05) is 34.0 Å². The molecule has 0 radical (unpaired) electrons. The molecule has 0 saturated carbocycles. The number of pyridine rings is 2. The molecule has 6 rings (SSSR count). The van der Waals surface area contributed by atoms with E-state index in [1.807, 2.05) is 63.2 Å². The van der Waals surface area contributed by atoms with Crippen LogP contribution in [0.4, 0.5) is 10.1 Å². The van der Waals surface area contributed by atoms with Crippen LogP contribution < -0.4 is 5.32 Å². The lowest BCUT2D eigenvalue weighted by atomic mass is 9.99. The fourth-order valence-electron chi connectivity index (χ4n) is 4.64. The van der Waals surface area contributed by atoms with Gasteiger partial charge < -0.3 is 10.3 Å². The molecule has 6 aromatic rings. The van der Waals surface area contributed by atoms with Crippen LogP contribution >= 0.6 is 0 Å². The van der Waals surface area contributed by atoms with Gasteiger partial charge in [-0.05, 0) is 60.0 Å². The van der Waals surface area contributed by atoms with Crippen molar-refractivity contribution >= 4 is 33.4 Å². The summed E-state index contributed by atoms with van der Waals surface area (Å²) in [5.41, 5.74) is 8.05. The van der Waals surface area contributed by atoms with E-state index in [0.29, 0.717) is 11.4 Å². The van der Waals surface area contributed by atoms with Gasteiger partial charge in [0.15, 0.2) is 0 Å². The van der Waals surface area contributed by atoms with Gasteiger partial charge >= 0.3 is 0 Å². The Balaban J connectivity index is 1.42. The Bertz CT molecular complexity index is 1810. The summed E-state index contributed by atoms with van der Waals surface area (Å²) >= 11 is 0. The second-order valence-corrected chi connectivity index (χ2v) is 9.76. The minimum atomic E-state index is -0.256. The van der Waals surface area contributed by atoms with Gasteiger partial charge in [-0.1, -0.05) is 32.0 Å². The molecular formula is C30H25FN6O. The number of aryl methyl sites for hydroxylation is 1. The topological polar surface area (TPSA) is 99.3 Å². The van der Waals surface area contributed by atoms with E-state index in [1.165, 1.54) is 6.07 Å². The summed E-state index contributed by atoms with van der Waals surface area (Å²) in [5.74, 6) is -0.465.